The molecule has 0 saturated heterocycles. The third-order valence-corrected chi connectivity index (χ3v) is 3.75. The topological polar surface area (TPSA) is 101 Å². The second kappa shape index (κ2) is 9.31. The van der Waals surface area contributed by atoms with Crippen molar-refractivity contribution in [3.8, 4) is 0 Å². The van der Waals surface area contributed by atoms with E-state index in [1.165, 1.54) is 31.2 Å². The Hall–Kier alpha value is 0.256. The van der Waals surface area contributed by atoms with E-state index in [0.717, 1.165) is 11.8 Å². The van der Waals surface area contributed by atoms with E-state index in [4.69, 9.17) is 4.55 Å². The first kappa shape index (κ1) is 20.3. The van der Waals surface area contributed by atoms with E-state index in [-0.39, 0.29) is 75.1 Å². The molecule has 106 valence electrons. The van der Waals surface area contributed by atoms with Crippen LogP contribution in [0.3, 0.4) is 0 Å². The van der Waals surface area contributed by atoms with Crippen LogP contribution in [-0.4, -0.2) is 29.7 Å². The number of hydrogen-bond donors (Lipinski definition) is 2. The van der Waals surface area contributed by atoms with Crippen LogP contribution in [0.15, 0.2) is 29.2 Å². The van der Waals surface area contributed by atoms with Gasteiger partial charge in [-0.3, -0.25) is 14.1 Å². The average molecular weight is 343 g/mol. The second-order valence-corrected chi connectivity index (χ2v) is 6.33. The summed E-state index contributed by atoms with van der Waals surface area (Å²) in [5.41, 5.74) is 0.422. The number of rotatable bonds is 5. The molecule has 1 rings (SSSR count). The fraction of sp³-hybridized carbons (Fsp3) is 0.273. The van der Waals surface area contributed by atoms with Crippen LogP contribution in [0.2, 0.25) is 0 Å². The standard InChI is InChI=1S/C11H13NO5S2.K.H/c1-8(13)18-7-6-11(14)12-9-2-4-10(5-3-9)19(15,16)17;;/h2-5H,6-7H2,1H3,(H,12,14)(H,15,16,17);;/q;+1;-1. The van der Waals surface area contributed by atoms with Crippen molar-refractivity contribution in [1.29, 1.82) is 0 Å². The molecule has 1 aromatic carbocycles. The maximum absolute atomic E-state index is 11.5. The van der Waals surface area contributed by atoms with E-state index < -0.39 is 10.1 Å². The molecule has 0 fully saturated rings. The van der Waals surface area contributed by atoms with Crippen molar-refractivity contribution in [3.63, 3.8) is 0 Å². The first-order valence-corrected chi connectivity index (χ1v) is 7.72. The average Bonchev–Trinajstić information content (AvgIpc) is 2.27. The Labute approximate surface area is 165 Å². The third-order valence-electron chi connectivity index (χ3n) is 2.07. The van der Waals surface area contributed by atoms with Gasteiger partial charge in [-0.05, 0) is 24.3 Å². The number of benzene rings is 1. The number of hydrogen-bond acceptors (Lipinski definition) is 5. The van der Waals surface area contributed by atoms with E-state index in [9.17, 15) is 18.0 Å². The molecule has 0 saturated carbocycles. The summed E-state index contributed by atoms with van der Waals surface area (Å²) in [6, 6.07) is 5.13. The molecule has 0 radical (unpaired) electrons. The summed E-state index contributed by atoms with van der Waals surface area (Å²) in [6.45, 7) is 1.43. The van der Waals surface area contributed by atoms with Gasteiger partial charge in [0.2, 0.25) is 5.91 Å². The molecular weight excluding hydrogens is 329 g/mol. The van der Waals surface area contributed by atoms with Gasteiger partial charge < -0.3 is 6.74 Å². The van der Waals surface area contributed by atoms with Crippen LogP contribution in [0, 0.1) is 0 Å². The van der Waals surface area contributed by atoms with Crippen LogP contribution >= 0.6 is 11.8 Å². The van der Waals surface area contributed by atoms with Gasteiger partial charge in [-0.2, -0.15) is 8.42 Å². The van der Waals surface area contributed by atoms with Gasteiger partial charge in [-0.1, -0.05) is 11.8 Å². The summed E-state index contributed by atoms with van der Waals surface area (Å²) in [5.74, 6) is 0.123. The second-order valence-electron chi connectivity index (χ2n) is 3.64. The molecule has 2 N–H and O–H groups in total. The molecule has 0 bridgehead atoms. The summed E-state index contributed by atoms with van der Waals surface area (Å²) >= 11 is 1.06. The minimum Gasteiger partial charge on any atom is -1.00 e. The summed E-state index contributed by atoms with van der Waals surface area (Å²) in [5, 5.41) is 2.50. The van der Waals surface area contributed by atoms with Crippen LogP contribution in [-0.2, 0) is 19.7 Å². The van der Waals surface area contributed by atoms with Crippen molar-refractivity contribution >= 4 is 38.6 Å². The van der Waals surface area contributed by atoms with Crippen LogP contribution in [0.1, 0.15) is 14.8 Å². The fourth-order valence-electron chi connectivity index (χ4n) is 1.22. The molecule has 1 amide bonds. The zero-order valence-corrected chi connectivity index (χ0v) is 15.9. The molecule has 9 heteroatoms. The molecule has 20 heavy (non-hydrogen) atoms. The molecule has 0 aromatic heterocycles. The van der Waals surface area contributed by atoms with E-state index in [1.807, 2.05) is 0 Å². The van der Waals surface area contributed by atoms with E-state index in [1.54, 1.807) is 0 Å². The molecular formula is C11H14KNO5S2. The molecule has 0 aliphatic heterocycles. The number of thioether (sulfide) groups is 1. The van der Waals surface area contributed by atoms with Gasteiger partial charge in [0.05, 0.1) is 4.90 Å². The van der Waals surface area contributed by atoms with Crippen molar-refractivity contribution < 1.29 is 75.4 Å². The maximum atomic E-state index is 11.5. The van der Waals surface area contributed by atoms with E-state index in [2.05, 4.69) is 5.32 Å². The Bertz CT molecular complexity index is 577. The van der Waals surface area contributed by atoms with E-state index >= 15 is 0 Å². The quantitative estimate of drug-likeness (QED) is 0.507. The Morgan fingerprint density at radius 2 is 1.85 bits per heavy atom. The van der Waals surface area contributed by atoms with Crippen LogP contribution in [0.4, 0.5) is 5.69 Å². The third kappa shape index (κ3) is 7.89. The Kier molecular flexibility index (Phi) is 9.43. The van der Waals surface area contributed by atoms with Gasteiger partial charge >= 0.3 is 51.4 Å². The molecule has 0 atom stereocenters. The van der Waals surface area contributed by atoms with Crippen LogP contribution < -0.4 is 56.7 Å². The number of amides is 1. The van der Waals surface area contributed by atoms with Gasteiger partial charge in [-0.25, -0.2) is 0 Å². The molecule has 6 nitrogen and oxygen atoms in total. The van der Waals surface area contributed by atoms with Crippen molar-refractivity contribution in [2.45, 2.75) is 18.2 Å². The zero-order chi connectivity index (χ0) is 14.5. The van der Waals surface area contributed by atoms with Crippen molar-refractivity contribution in [3.05, 3.63) is 24.3 Å². The van der Waals surface area contributed by atoms with E-state index in [0.29, 0.717) is 11.4 Å². The maximum Gasteiger partial charge on any atom is 1.00 e. The van der Waals surface area contributed by atoms with Gasteiger partial charge in [0, 0.05) is 24.8 Å². The SMILES string of the molecule is CC(=O)SCCC(=O)Nc1ccc(S(=O)(=O)O)cc1.[H-].[K+]. The fourth-order valence-corrected chi connectivity index (χ4v) is 2.28. The summed E-state index contributed by atoms with van der Waals surface area (Å²) in [6.07, 6.45) is 0.185. The van der Waals surface area contributed by atoms with Crippen molar-refractivity contribution in [2.75, 3.05) is 11.1 Å². The smallest absolute Gasteiger partial charge is 1.00 e. The first-order valence-electron chi connectivity index (χ1n) is 5.30. The number of anilines is 1. The summed E-state index contributed by atoms with van der Waals surface area (Å²) in [4.78, 5) is 21.9. The Morgan fingerprint density at radius 3 is 2.30 bits per heavy atom. The first-order chi connectivity index (χ1) is 8.79. The summed E-state index contributed by atoms with van der Waals surface area (Å²) in [7, 11) is -4.23. The van der Waals surface area contributed by atoms with Gasteiger partial charge in [0.15, 0.2) is 5.12 Å². The van der Waals surface area contributed by atoms with Gasteiger partial charge in [0.25, 0.3) is 10.1 Å². The van der Waals surface area contributed by atoms with Crippen molar-refractivity contribution in [2.24, 2.45) is 0 Å². The van der Waals surface area contributed by atoms with Crippen LogP contribution in [0.25, 0.3) is 0 Å². The molecule has 1 aromatic rings. The molecule has 0 aliphatic rings. The minimum absolute atomic E-state index is 0. The minimum atomic E-state index is -4.23. The van der Waals surface area contributed by atoms with Gasteiger partial charge in [0.1, 0.15) is 0 Å². The van der Waals surface area contributed by atoms with Crippen LogP contribution in [0.5, 0.6) is 0 Å². The number of carbonyl (C=O) groups is 2. The molecule has 0 spiro atoms. The zero-order valence-electron chi connectivity index (χ0n) is 12.1. The summed E-state index contributed by atoms with van der Waals surface area (Å²) < 4.78 is 30.4. The van der Waals surface area contributed by atoms with Crippen molar-refractivity contribution in [1.82, 2.24) is 0 Å². The molecule has 0 heterocycles. The molecule has 0 unspecified atom stereocenters. The number of nitrogens with one attached hydrogen (secondary N) is 1. The predicted octanol–water partition coefficient (Wildman–Crippen LogP) is -1.34. The van der Waals surface area contributed by atoms with Gasteiger partial charge in [-0.15, -0.1) is 0 Å². The monoisotopic (exact) mass is 343 g/mol. The molecule has 0 aliphatic carbocycles. The Balaban J connectivity index is 0. The largest absolute Gasteiger partial charge is 1.00 e. The normalized spacial score (nSPS) is 10.5. The number of carbonyl (C=O) groups excluding carboxylic acids is 2. The predicted molar refractivity (Wildman–Crippen MR) is 73.8 cm³/mol. The Morgan fingerprint density at radius 1 is 1.30 bits per heavy atom.